The monoisotopic (exact) mass is 325 g/mol. The van der Waals surface area contributed by atoms with Gasteiger partial charge in [0.25, 0.3) is 0 Å². The first-order valence-corrected chi connectivity index (χ1v) is 8.88. The molecule has 0 N–H and O–H groups in total. The van der Waals surface area contributed by atoms with Gasteiger partial charge in [0.15, 0.2) is 5.82 Å². The first-order valence-electron chi connectivity index (χ1n) is 8.88. The number of aryl methyl sites for hydroxylation is 3. The summed E-state index contributed by atoms with van der Waals surface area (Å²) in [5.74, 6) is 1.73. The van der Waals surface area contributed by atoms with E-state index in [4.69, 9.17) is 4.52 Å². The second-order valence-electron chi connectivity index (χ2n) is 6.98. The Labute approximate surface area is 142 Å². The van der Waals surface area contributed by atoms with Crippen molar-refractivity contribution in [2.75, 3.05) is 13.1 Å². The number of hydrogen-bond donors (Lipinski definition) is 0. The molecule has 24 heavy (non-hydrogen) atoms. The fourth-order valence-electron chi connectivity index (χ4n) is 3.92. The molecule has 1 saturated heterocycles. The molecule has 0 bridgehead atoms. The van der Waals surface area contributed by atoms with E-state index >= 15 is 0 Å². The number of piperidine rings is 1. The number of amides is 1. The Morgan fingerprint density at radius 2 is 2.17 bits per heavy atom. The Morgan fingerprint density at radius 3 is 3.00 bits per heavy atom. The van der Waals surface area contributed by atoms with Gasteiger partial charge in [-0.1, -0.05) is 23.4 Å². The molecule has 2 heterocycles. The molecule has 1 aliphatic carbocycles. The molecular weight excluding hydrogens is 302 g/mol. The van der Waals surface area contributed by atoms with Crippen LogP contribution < -0.4 is 0 Å². The summed E-state index contributed by atoms with van der Waals surface area (Å²) in [4.78, 5) is 19.0. The predicted octanol–water partition coefficient (Wildman–Crippen LogP) is 2.82. The molecule has 0 saturated carbocycles. The van der Waals surface area contributed by atoms with Crippen molar-refractivity contribution in [3.05, 3.63) is 46.6 Å². The highest BCUT2D eigenvalue weighted by Crippen LogP contribution is 2.26. The van der Waals surface area contributed by atoms with Crippen molar-refractivity contribution in [3.8, 4) is 0 Å². The van der Waals surface area contributed by atoms with E-state index < -0.39 is 0 Å². The van der Waals surface area contributed by atoms with Crippen LogP contribution in [0.25, 0.3) is 0 Å². The van der Waals surface area contributed by atoms with Gasteiger partial charge in [-0.25, -0.2) is 0 Å². The van der Waals surface area contributed by atoms with Gasteiger partial charge in [0.2, 0.25) is 11.8 Å². The van der Waals surface area contributed by atoms with E-state index in [1.165, 1.54) is 24.0 Å². The van der Waals surface area contributed by atoms with Crippen LogP contribution in [0, 0.1) is 6.92 Å². The summed E-state index contributed by atoms with van der Waals surface area (Å²) in [7, 11) is 0. The van der Waals surface area contributed by atoms with Gasteiger partial charge >= 0.3 is 0 Å². The van der Waals surface area contributed by atoms with Crippen LogP contribution in [0.15, 0.2) is 22.7 Å². The zero-order valence-electron chi connectivity index (χ0n) is 14.1. The van der Waals surface area contributed by atoms with Gasteiger partial charge in [-0.3, -0.25) is 4.79 Å². The summed E-state index contributed by atoms with van der Waals surface area (Å²) in [5.41, 5.74) is 4.02. The van der Waals surface area contributed by atoms with Crippen LogP contribution in [0.1, 0.15) is 53.6 Å². The number of fused-ring (bicyclic) bond motifs is 1. The minimum absolute atomic E-state index is 0.195. The van der Waals surface area contributed by atoms with E-state index in [-0.39, 0.29) is 11.8 Å². The summed E-state index contributed by atoms with van der Waals surface area (Å²) >= 11 is 0. The quantitative estimate of drug-likeness (QED) is 0.871. The lowest BCUT2D eigenvalue weighted by atomic mass is 9.96. The maximum atomic E-state index is 12.7. The Morgan fingerprint density at radius 1 is 1.29 bits per heavy atom. The largest absolute Gasteiger partial charge is 0.342 e. The number of carbonyl (C=O) groups excluding carboxylic acids is 1. The number of carbonyl (C=O) groups is 1. The number of hydrogen-bond acceptors (Lipinski definition) is 4. The van der Waals surface area contributed by atoms with Crippen molar-refractivity contribution in [1.82, 2.24) is 15.0 Å². The molecule has 1 aromatic carbocycles. The van der Waals surface area contributed by atoms with Crippen LogP contribution in [0.2, 0.25) is 0 Å². The highest BCUT2D eigenvalue weighted by atomic mass is 16.5. The number of benzene rings is 1. The highest BCUT2D eigenvalue weighted by molar-refractivity contribution is 5.79. The SMILES string of the molecule is Cc1nc(C2CCCN(C(=O)Cc3ccc4c(c3)CCC4)C2)no1. The zero-order chi connectivity index (χ0) is 16.5. The van der Waals surface area contributed by atoms with Gasteiger partial charge in [0.1, 0.15) is 0 Å². The van der Waals surface area contributed by atoms with Gasteiger partial charge in [0, 0.05) is 25.9 Å². The molecule has 1 fully saturated rings. The smallest absolute Gasteiger partial charge is 0.227 e. The number of aromatic nitrogens is 2. The lowest BCUT2D eigenvalue weighted by Crippen LogP contribution is -2.40. The van der Waals surface area contributed by atoms with Gasteiger partial charge < -0.3 is 9.42 Å². The fourth-order valence-corrected chi connectivity index (χ4v) is 3.92. The zero-order valence-corrected chi connectivity index (χ0v) is 14.1. The Kier molecular flexibility index (Phi) is 4.08. The summed E-state index contributed by atoms with van der Waals surface area (Å²) in [6.07, 6.45) is 6.08. The molecule has 1 unspecified atom stereocenters. The predicted molar refractivity (Wildman–Crippen MR) is 89.8 cm³/mol. The lowest BCUT2D eigenvalue weighted by molar-refractivity contribution is -0.131. The average molecular weight is 325 g/mol. The molecule has 5 heteroatoms. The van der Waals surface area contributed by atoms with E-state index in [1.807, 2.05) is 4.90 Å². The van der Waals surface area contributed by atoms with E-state index in [1.54, 1.807) is 6.92 Å². The molecule has 2 aliphatic rings. The van der Waals surface area contributed by atoms with Crippen LogP contribution in [0.4, 0.5) is 0 Å². The topological polar surface area (TPSA) is 59.2 Å². The summed E-state index contributed by atoms with van der Waals surface area (Å²) in [5, 5.41) is 4.03. The van der Waals surface area contributed by atoms with E-state index in [0.29, 0.717) is 18.9 Å². The molecule has 1 amide bonds. The van der Waals surface area contributed by atoms with Gasteiger partial charge in [-0.2, -0.15) is 4.98 Å². The van der Waals surface area contributed by atoms with Crippen molar-refractivity contribution in [3.63, 3.8) is 0 Å². The van der Waals surface area contributed by atoms with Crippen LogP contribution in [-0.4, -0.2) is 34.0 Å². The molecule has 1 aliphatic heterocycles. The molecule has 5 nitrogen and oxygen atoms in total. The maximum absolute atomic E-state index is 12.7. The Bertz CT molecular complexity index is 753. The van der Waals surface area contributed by atoms with Gasteiger partial charge in [-0.05, 0) is 48.8 Å². The van der Waals surface area contributed by atoms with Crippen molar-refractivity contribution < 1.29 is 9.32 Å². The molecule has 2 aromatic rings. The van der Waals surface area contributed by atoms with E-state index in [0.717, 1.165) is 37.2 Å². The molecule has 0 radical (unpaired) electrons. The number of rotatable bonds is 3. The summed E-state index contributed by atoms with van der Waals surface area (Å²) in [6, 6.07) is 6.54. The number of nitrogens with zero attached hydrogens (tertiary/aromatic N) is 3. The molecule has 126 valence electrons. The van der Waals surface area contributed by atoms with Crippen molar-refractivity contribution >= 4 is 5.91 Å². The highest BCUT2D eigenvalue weighted by Gasteiger charge is 2.27. The summed E-state index contributed by atoms with van der Waals surface area (Å²) in [6.45, 7) is 3.33. The van der Waals surface area contributed by atoms with Crippen LogP contribution in [0.5, 0.6) is 0 Å². The fraction of sp³-hybridized carbons (Fsp3) is 0.526. The third kappa shape index (κ3) is 3.07. The Balaban J connectivity index is 1.42. The third-order valence-electron chi connectivity index (χ3n) is 5.20. The first kappa shape index (κ1) is 15.4. The van der Waals surface area contributed by atoms with Crippen molar-refractivity contribution in [2.45, 2.75) is 51.4 Å². The average Bonchev–Trinajstić information content (AvgIpc) is 3.23. The van der Waals surface area contributed by atoms with Crippen molar-refractivity contribution in [2.24, 2.45) is 0 Å². The molecule has 1 atom stereocenters. The van der Waals surface area contributed by atoms with Crippen LogP contribution >= 0.6 is 0 Å². The standard InChI is InChI=1S/C19H23N3O2/c1-13-20-19(21-24-13)17-6-3-9-22(12-17)18(23)11-14-7-8-15-4-2-5-16(15)10-14/h7-8,10,17H,2-6,9,11-12H2,1H3. The molecule has 0 spiro atoms. The van der Waals surface area contributed by atoms with Gasteiger partial charge in [0.05, 0.1) is 6.42 Å². The lowest BCUT2D eigenvalue weighted by Gasteiger charge is -2.31. The third-order valence-corrected chi connectivity index (χ3v) is 5.20. The molecule has 4 rings (SSSR count). The minimum Gasteiger partial charge on any atom is -0.342 e. The first-order chi connectivity index (χ1) is 11.7. The molecular formula is C19H23N3O2. The normalized spacial score (nSPS) is 20.2. The Hall–Kier alpha value is -2.17. The second kappa shape index (κ2) is 6.38. The maximum Gasteiger partial charge on any atom is 0.227 e. The van der Waals surface area contributed by atoms with E-state index in [2.05, 4.69) is 28.3 Å². The summed E-state index contributed by atoms with van der Waals surface area (Å²) < 4.78 is 5.09. The minimum atomic E-state index is 0.195. The van der Waals surface area contributed by atoms with Crippen LogP contribution in [-0.2, 0) is 24.1 Å². The number of likely N-dealkylation sites (tertiary alicyclic amines) is 1. The van der Waals surface area contributed by atoms with E-state index in [9.17, 15) is 4.79 Å². The van der Waals surface area contributed by atoms with Crippen LogP contribution in [0.3, 0.4) is 0 Å². The second-order valence-corrected chi connectivity index (χ2v) is 6.98. The molecule has 1 aromatic heterocycles. The van der Waals surface area contributed by atoms with Gasteiger partial charge in [-0.15, -0.1) is 0 Å². The van der Waals surface area contributed by atoms with Crippen molar-refractivity contribution in [1.29, 1.82) is 0 Å².